The molecule has 2 aromatic rings. The molecule has 0 bridgehead atoms. The number of morpholine rings is 2. The van der Waals surface area contributed by atoms with Gasteiger partial charge < -0.3 is 14.4 Å². The summed E-state index contributed by atoms with van der Waals surface area (Å²) < 4.78 is 12.5. The van der Waals surface area contributed by atoms with Crippen molar-refractivity contribution in [3.05, 3.63) is 41.7 Å². The topological polar surface area (TPSA) is 85.6 Å². The first-order valence-electron chi connectivity index (χ1n) is 9.31. The fourth-order valence-corrected chi connectivity index (χ4v) is 3.56. The molecule has 9 heteroatoms. The van der Waals surface area contributed by atoms with Crippen LogP contribution in [0.1, 0.15) is 17.4 Å². The minimum atomic E-state index is -0.109. The van der Waals surface area contributed by atoms with Gasteiger partial charge in [-0.25, -0.2) is 4.68 Å². The number of hydrogen-bond donors (Lipinski definition) is 0. The number of aromatic nitrogens is 4. The second kappa shape index (κ2) is 8.55. The summed E-state index contributed by atoms with van der Waals surface area (Å²) in [5.41, 5.74) is 1.11. The Hall–Kier alpha value is -2.36. The average molecular weight is 372 g/mol. The maximum atomic E-state index is 12.7. The fraction of sp³-hybridized carbons (Fsp3) is 0.556. The zero-order chi connectivity index (χ0) is 18.5. The van der Waals surface area contributed by atoms with Crippen molar-refractivity contribution in [3.63, 3.8) is 0 Å². The van der Waals surface area contributed by atoms with E-state index in [1.807, 2.05) is 18.2 Å². The number of hydrogen-bond acceptors (Lipinski definition) is 7. The minimum absolute atomic E-state index is 0.0145. The van der Waals surface area contributed by atoms with Crippen molar-refractivity contribution in [2.24, 2.45) is 0 Å². The number of carbonyl (C=O) groups excluding carboxylic acids is 1. The highest BCUT2D eigenvalue weighted by molar-refractivity contribution is 5.76. The van der Waals surface area contributed by atoms with Gasteiger partial charge in [-0.2, -0.15) is 0 Å². The predicted octanol–water partition coefficient (Wildman–Crippen LogP) is -0.0465. The van der Waals surface area contributed by atoms with Gasteiger partial charge in [0.25, 0.3) is 0 Å². The van der Waals surface area contributed by atoms with Gasteiger partial charge in [-0.05, 0) is 16.0 Å². The van der Waals surface area contributed by atoms with Crippen LogP contribution in [0.15, 0.2) is 30.3 Å². The first kappa shape index (κ1) is 18.0. The summed E-state index contributed by atoms with van der Waals surface area (Å²) in [4.78, 5) is 16.8. The Bertz CT molecular complexity index is 741. The number of carbonyl (C=O) groups is 1. The van der Waals surface area contributed by atoms with Crippen molar-refractivity contribution >= 4 is 5.91 Å². The van der Waals surface area contributed by atoms with Crippen molar-refractivity contribution < 1.29 is 14.3 Å². The van der Waals surface area contributed by atoms with Gasteiger partial charge in [0.15, 0.2) is 5.82 Å². The monoisotopic (exact) mass is 372 g/mol. The maximum Gasteiger partial charge on any atom is 0.244 e. The summed E-state index contributed by atoms with van der Waals surface area (Å²) >= 11 is 0. The Morgan fingerprint density at radius 2 is 1.67 bits per heavy atom. The number of tetrazole rings is 1. The molecule has 4 rings (SSSR count). The third-order valence-corrected chi connectivity index (χ3v) is 4.98. The van der Waals surface area contributed by atoms with Crippen molar-refractivity contribution in [2.45, 2.75) is 12.6 Å². The third kappa shape index (κ3) is 4.15. The van der Waals surface area contributed by atoms with Gasteiger partial charge in [-0.1, -0.05) is 30.3 Å². The van der Waals surface area contributed by atoms with Crippen LogP contribution in [0.25, 0.3) is 0 Å². The summed E-state index contributed by atoms with van der Waals surface area (Å²) in [5, 5.41) is 12.3. The van der Waals surface area contributed by atoms with Crippen LogP contribution >= 0.6 is 0 Å². The van der Waals surface area contributed by atoms with E-state index in [2.05, 4.69) is 32.6 Å². The summed E-state index contributed by atoms with van der Waals surface area (Å²) in [5.74, 6) is 0.699. The van der Waals surface area contributed by atoms with Crippen LogP contribution in [0.3, 0.4) is 0 Å². The average Bonchev–Trinajstić information content (AvgIpc) is 3.18. The SMILES string of the molecule is O=C(Cn1nnnc1C(c1ccccc1)N1CCOCC1)N1CCOCC1. The Kier molecular flexibility index (Phi) is 5.71. The van der Waals surface area contributed by atoms with Gasteiger partial charge in [-0.3, -0.25) is 9.69 Å². The van der Waals surface area contributed by atoms with Gasteiger partial charge in [0, 0.05) is 26.2 Å². The lowest BCUT2D eigenvalue weighted by molar-refractivity contribution is -0.136. The number of rotatable bonds is 5. The molecule has 27 heavy (non-hydrogen) atoms. The smallest absolute Gasteiger partial charge is 0.244 e. The largest absolute Gasteiger partial charge is 0.379 e. The molecule has 1 aromatic carbocycles. The van der Waals surface area contributed by atoms with Crippen molar-refractivity contribution in [1.82, 2.24) is 30.0 Å². The summed E-state index contributed by atoms with van der Waals surface area (Å²) in [6.45, 7) is 5.46. The Morgan fingerprint density at radius 3 is 2.37 bits per heavy atom. The molecule has 2 saturated heterocycles. The lowest BCUT2D eigenvalue weighted by Gasteiger charge is -2.34. The molecule has 2 fully saturated rings. The van der Waals surface area contributed by atoms with Crippen LogP contribution in [0.5, 0.6) is 0 Å². The number of ether oxygens (including phenoxy) is 2. The van der Waals surface area contributed by atoms with Gasteiger partial charge in [0.2, 0.25) is 5.91 Å². The van der Waals surface area contributed by atoms with E-state index in [1.165, 1.54) is 0 Å². The zero-order valence-electron chi connectivity index (χ0n) is 15.2. The summed E-state index contributed by atoms with van der Waals surface area (Å²) in [6.07, 6.45) is 0. The highest BCUT2D eigenvalue weighted by atomic mass is 16.5. The lowest BCUT2D eigenvalue weighted by Crippen LogP contribution is -2.43. The van der Waals surface area contributed by atoms with E-state index in [1.54, 1.807) is 9.58 Å². The Balaban J connectivity index is 1.59. The van der Waals surface area contributed by atoms with E-state index in [0.29, 0.717) is 45.3 Å². The standard InChI is InChI=1S/C18H24N6O3/c25-16(22-6-10-26-11-7-22)14-24-18(19-20-21-24)17(15-4-2-1-3-5-15)23-8-12-27-13-9-23/h1-5,17H,6-14H2. The van der Waals surface area contributed by atoms with Crippen LogP contribution in [0.2, 0.25) is 0 Å². The molecule has 1 unspecified atom stereocenters. The Morgan fingerprint density at radius 1 is 1.00 bits per heavy atom. The van der Waals surface area contributed by atoms with Crippen molar-refractivity contribution in [2.75, 3.05) is 52.6 Å². The van der Waals surface area contributed by atoms with Crippen molar-refractivity contribution in [3.8, 4) is 0 Å². The first-order chi connectivity index (χ1) is 13.3. The van der Waals surface area contributed by atoms with Crippen LogP contribution in [-0.2, 0) is 20.8 Å². The second-order valence-electron chi connectivity index (χ2n) is 6.65. The number of benzene rings is 1. The predicted molar refractivity (Wildman–Crippen MR) is 95.9 cm³/mol. The molecule has 0 aliphatic carbocycles. The molecule has 2 aliphatic heterocycles. The third-order valence-electron chi connectivity index (χ3n) is 4.98. The molecule has 0 saturated carbocycles. The molecule has 1 amide bonds. The van der Waals surface area contributed by atoms with E-state index in [-0.39, 0.29) is 18.5 Å². The van der Waals surface area contributed by atoms with Gasteiger partial charge in [-0.15, -0.1) is 5.10 Å². The van der Waals surface area contributed by atoms with Crippen LogP contribution < -0.4 is 0 Å². The molecule has 3 heterocycles. The van der Waals surface area contributed by atoms with Crippen LogP contribution in [0, 0.1) is 0 Å². The number of amides is 1. The van der Waals surface area contributed by atoms with Gasteiger partial charge in [0.05, 0.1) is 32.5 Å². The molecule has 2 aliphatic rings. The van der Waals surface area contributed by atoms with Crippen molar-refractivity contribution in [1.29, 1.82) is 0 Å². The quantitative estimate of drug-likeness (QED) is 0.728. The molecule has 144 valence electrons. The zero-order valence-corrected chi connectivity index (χ0v) is 15.2. The molecular formula is C18H24N6O3. The minimum Gasteiger partial charge on any atom is -0.379 e. The lowest BCUT2D eigenvalue weighted by atomic mass is 10.0. The molecule has 0 radical (unpaired) electrons. The van der Waals surface area contributed by atoms with Gasteiger partial charge in [0.1, 0.15) is 6.54 Å². The van der Waals surface area contributed by atoms with E-state index in [4.69, 9.17) is 9.47 Å². The second-order valence-corrected chi connectivity index (χ2v) is 6.65. The number of nitrogens with zero attached hydrogens (tertiary/aromatic N) is 6. The molecule has 1 atom stereocenters. The normalized spacial score (nSPS) is 19.8. The molecular weight excluding hydrogens is 348 g/mol. The van der Waals surface area contributed by atoms with E-state index >= 15 is 0 Å². The van der Waals surface area contributed by atoms with Gasteiger partial charge >= 0.3 is 0 Å². The molecule has 1 aromatic heterocycles. The van der Waals surface area contributed by atoms with E-state index in [0.717, 1.165) is 18.7 Å². The highest BCUT2D eigenvalue weighted by Crippen LogP contribution is 2.27. The first-order valence-corrected chi connectivity index (χ1v) is 9.31. The summed E-state index contributed by atoms with van der Waals surface area (Å²) in [7, 11) is 0. The maximum absolute atomic E-state index is 12.7. The molecule has 9 nitrogen and oxygen atoms in total. The van der Waals surface area contributed by atoms with Crippen LogP contribution in [-0.4, -0.2) is 88.5 Å². The van der Waals surface area contributed by atoms with E-state index in [9.17, 15) is 4.79 Å². The summed E-state index contributed by atoms with van der Waals surface area (Å²) in [6, 6.07) is 10.0. The molecule has 0 spiro atoms. The fourth-order valence-electron chi connectivity index (χ4n) is 3.56. The highest BCUT2D eigenvalue weighted by Gasteiger charge is 2.30. The van der Waals surface area contributed by atoms with E-state index < -0.39 is 0 Å². The molecule has 0 N–H and O–H groups in total. The Labute approximate surface area is 157 Å². The van der Waals surface area contributed by atoms with Crippen LogP contribution in [0.4, 0.5) is 0 Å².